The van der Waals surface area contributed by atoms with Crippen LogP contribution in [0.25, 0.3) is 0 Å². The summed E-state index contributed by atoms with van der Waals surface area (Å²) in [7, 11) is 0. The van der Waals surface area contributed by atoms with E-state index >= 15 is 0 Å². The molecule has 3 fully saturated rings. The Morgan fingerprint density at radius 1 is 0.926 bits per heavy atom. The SMILES string of the molecule is CC1CCNCC1NC(=O)C1CCC(NC(=O)CC2CCCCC2)CC1.Cl. The molecule has 27 heavy (non-hydrogen) atoms. The van der Waals surface area contributed by atoms with Crippen molar-refractivity contribution in [3.63, 3.8) is 0 Å². The van der Waals surface area contributed by atoms with Crippen LogP contribution in [0.15, 0.2) is 0 Å². The van der Waals surface area contributed by atoms with Crippen LogP contribution in [0.1, 0.15) is 77.6 Å². The molecule has 1 heterocycles. The number of piperidine rings is 1. The van der Waals surface area contributed by atoms with E-state index in [-0.39, 0.29) is 42.2 Å². The molecule has 156 valence electrons. The Morgan fingerprint density at radius 3 is 2.30 bits per heavy atom. The number of carbonyl (C=O) groups is 2. The average molecular weight is 400 g/mol. The van der Waals surface area contributed by atoms with Gasteiger partial charge in [0.2, 0.25) is 11.8 Å². The minimum atomic E-state index is 0. The highest BCUT2D eigenvalue weighted by molar-refractivity contribution is 5.85. The number of hydrogen-bond donors (Lipinski definition) is 3. The van der Waals surface area contributed by atoms with E-state index in [2.05, 4.69) is 22.9 Å². The number of hydrogen-bond acceptors (Lipinski definition) is 3. The summed E-state index contributed by atoms with van der Waals surface area (Å²) in [6.07, 6.45) is 11.8. The third kappa shape index (κ3) is 6.94. The van der Waals surface area contributed by atoms with Gasteiger partial charge in [-0.2, -0.15) is 0 Å². The quantitative estimate of drug-likeness (QED) is 0.665. The average Bonchev–Trinajstić information content (AvgIpc) is 2.65. The molecule has 3 aliphatic rings. The van der Waals surface area contributed by atoms with Crippen molar-refractivity contribution < 1.29 is 9.59 Å². The molecule has 0 spiro atoms. The Kier molecular flexibility index (Phi) is 9.37. The molecular formula is C21H38ClN3O2. The van der Waals surface area contributed by atoms with Gasteiger partial charge >= 0.3 is 0 Å². The van der Waals surface area contributed by atoms with Crippen LogP contribution in [0, 0.1) is 17.8 Å². The predicted octanol–water partition coefficient (Wildman–Crippen LogP) is 3.17. The zero-order chi connectivity index (χ0) is 18.4. The van der Waals surface area contributed by atoms with Crippen molar-refractivity contribution in [2.24, 2.45) is 17.8 Å². The van der Waals surface area contributed by atoms with E-state index in [1.807, 2.05) is 0 Å². The Morgan fingerprint density at radius 2 is 1.63 bits per heavy atom. The molecule has 2 unspecified atom stereocenters. The van der Waals surface area contributed by atoms with Gasteiger partial charge in [-0.05, 0) is 63.3 Å². The van der Waals surface area contributed by atoms with E-state index in [1.54, 1.807) is 0 Å². The van der Waals surface area contributed by atoms with Gasteiger partial charge in [0.25, 0.3) is 0 Å². The first-order chi connectivity index (χ1) is 12.6. The Labute approximate surface area is 170 Å². The van der Waals surface area contributed by atoms with Crippen LogP contribution in [0.3, 0.4) is 0 Å². The highest BCUT2D eigenvalue weighted by atomic mass is 35.5. The molecule has 2 saturated carbocycles. The van der Waals surface area contributed by atoms with E-state index in [9.17, 15) is 9.59 Å². The maximum absolute atomic E-state index is 12.6. The molecule has 2 aliphatic carbocycles. The Bertz CT molecular complexity index is 474. The van der Waals surface area contributed by atoms with Gasteiger partial charge in [0.15, 0.2) is 0 Å². The molecule has 0 radical (unpaired) electrons. The largest absolute Gasteiger partial charge is 0.353 e. The van der Waals surface area contributed by atoms with Crippen molar-refractivity contribution in [3.8, 4) is 0 Å². The van der Waals surface area contributed by atoms with Crippen molar-refractivity contribution >= 4 is 24.2 Å². The number of carbonyl (C=O) groups excluding carboxylic acids is 2. The van der Waals surface area contributed by atoms with Gasteiger partial charge in [-0.3, -0.25) is 9.59 Å². The minimum absolute atomic E-state index is 0. The summed E-state index contributed by atoms with van der Waals surface area (Å²) in [5.41, 5.74) is 0. The zero-order valence-electron chi connectivity index (χ0n) is 16.8. The molecule has 2 atom stereocenters. The molecule has 0 aromatic heterocycles. The van der Waals surface area contributed by atoms with E-state index < -0.39 is 0 Å². The maximum Gasteiger partial charge on any atom is 0.223 e. The summed E-state index contributed by atoms with van der Waals surface area (Å²) in [6.45, 7) is 4.17. The highest BCUT2D eigenvalue weighted by Gasteiger charge is 2.30. The fourth-order valence-electron chi connectivity index (χ4n) is 4.92. The summed E-state index contributed by atoms with van der Waals surface area (Å²) in [5.74, 6) is 1.72. The van der Waals surface area contributed by atoms with Gasteiger partial charge in [-0.15, -0.1) is 12.4 Å². The van der Waals surface area contributed by atoms with Crippen molar-refractivity contribution in [1.29, 1.82) is 0 Å². The van der Waals surface area contributed by atoms with E-state index in [1.165, 1.54) is 32.1 Å². The number of nitrogens with one attached hydrogen (secondary N) is 3. The molecule has 3 N–H and O–H groups in total. The van der Waals surface area contributed by atoms with Crippen molar-refractivity contribution in [3.05, 3.63) is 0 Å². The Balaban J connectivity index is 0.00000261. The van der Waals surface area contributed by atoms with Crippen LogP contribution >= 0.6 is 12.4 Å². The fraction of sp³-hybridized carbons (Fsp3) is 0.905. The molecule has 0 aromatic carbocycles. The molecule has 5 nitrogen and oxygen atoms in total. The summed E-state index contributed by atoms with van der Waals surface area (Å²) in [4.78, 5) is 24.9. The Hall–Kier alpha value is -0.810. The molecule has 0 bridgehead atoms. The topological polar surface area (TPSA) is 70.2 Å². The van der Waals surface area contributed by atoms with Gasteiger partial charge in [0.05, 0.1) is 0 Å². The van der Waals surface area contributed by atoms with E-state index in [0.29, 0.717) is 18.3 Å². The first kappa shape index (κ1) is 22.5. The third-order valence-corrected chi connectivity index (χ3v) is 6.82. The first-order valence-corrected chi connectivity index (χ1v) is 10.9. The van der Waals surface area contributed by atoms with Gasteiger partial charge < -0.3 is 16.0 Å². The smallest absolute Gasteiger partial charge is 0.223 e. The lowest BCUT2D eigenvalue weighted by Crippen LogP contribution is -2.52. The van der Waals surface area contributed by atoms with Crippen LogP contribution in [-0.4, -0.2) is 37.0 Å². The summed E-state index contributed by atoms with van der Waals surface area (Å²) < 4.78 is 0. The second-order valence-electron chi connectivity index (χ2n) is 8.91. The standard InChI is InChI=1S/C21H37N3O2.ClH/c1-15-11-12-22-14-19(15)24-21(26)17-7-9-18(10-8-17)23-20(25)13-16-5-3-2-4-6-16;/h15-19,22H,2-14H2,1H3,(H,23,25)(H,24,26);1H. The summed E-state index contributed by atoms with van der Waals surface area (Å²) in [6, 6.07) is 0.537. The van der Waals surface area contributed by atoms with E-state index in [4.69, 9.17) is 0 Å². The lowest BCUT2D eigenvalue weighted by Gasteiger charge is -2.33. The molecular weight excluding hydrogens is 362 g/mol. The maximum atomic E-state index is 12.6. The third-order valence-electron chi connectivity index (χ3n) is 6.82. The van der Waals surface area contributed by atoms with Crippen LogP contribution < -0.4 is 16.0 Å². The van der Waals surface area contributed by atoms with Crippen LogP contribution in [0.4, 0.5) is 0 Å². The molecule has 2 amide bonds. The first-order valence-electron chi connectivity index (χ1n) is 10.9. The number of amides is 2. The van der Waals surface area contributed by atoms with Gasteiger partial charge in [-0.1, -0.05) is 26.2 Å². The molecule has 6 heteroatoms. The summed E-state index contributed by atoms with van der Waals surface area (Å²) >= 11 is 0. The predicted molar refractivity (Wildman–Crippen MR) is 111 cm³/mol. The normalized spacial score (nSPS) is 32.2. The summed E-state index contributed by atoms with van der Waals surface area (Å²) in [5, 5.41) is 9.87. The number of halogens is 1. The van der Waals surface area contributed by atoms with Crippen molar-refractivity contribution in [2.75, 3.05) is 13.1 Å². The monoisotopic (exact) mass is 399 g/mol. The van der Waals surface area contributed by atoms with Gasteiger partial charge in [0.1, 0.15) is 0 Å². The number of rotatable bonds is 5. The molecule has 1 aliphatic heterocycles. The van der Waals surface area contributed by atoms with Gasteiger partial charge in [0, 0.05) is 31.0 Å². The van der Waals surface area contributed by atoms with Crippen molar-refractivity contribution in [2.45, 2.75) is 89.6 Å². The highest BCUT2D eigenvalue weighted by Crippen LogP contribution is 2.28. The second kappa shape index (κ2) is 11.3. The zero-order valence-corrected chi connectivity index (χ0v) is 17.6. The molecule has 3 rings (SSSR count). The lowest BCUT2D eigenvalue weighted by atomic mass is 9.84. The fourth-order valence-corrected chi connectivity index (χ4v) is 4.92. The van der Waals surface area contributed by atoms with E-state index in [0.717, 1.165) is 45.2 Å². The molecule has 0 aromatic rings. The van der Waals surface area contributed by atoms with Crippen LogP contribution in [0.2, 0.25) is 0 Å². The lowest BCUT2D eigenvalue weighted by molar-refractivity contribution is -0.127. The minimum Gasteiger partial charge on any atom is -0.353 e. The second-order valence-corrected chi connectivity index (χ2v) is 8.91. The van der Waals surface area contributed by atoms with Gasteiger partial charge in [-0.25, -0.2) is 0 Å². The van der Waals surface area contributed by atoms with Crippen molar-refractivity contribution in [1.82, 2.24) is 16.0 Å². The van der Waals surface area contributed by atoms with Crippen LogP contribution in [-0.2, 0) is 9.59 Å². The van der Waals surface area contributed by atoms with Crippen LogP contribution in [0.5, 0.6) is 0 Å². The molecule has 1 saturated heterocycles.